The normalized spacial score (nSPS) is 14.1. The molecule has 0 radical (unpaired) electrons. The molecule has 0 fully saturated rings. The summed E-state index contributed by atoms with van der Waals surface area (Å²) in [6.45, 7) is 8.85. The van der Waals surface area contributed by atoms with Crippen molar-refractivity contribution in [1.82, 2.24) is 16.0 Å². The van der Waals surface area contributed by atoms with Gasteiger partial charge in [0.25, 0.3) is 0 Å². The van der Waals surface area contributed by atoms with Crippen LogP contribution in [0.4, 0.5) is 0 Å². The van der Waals surface area contributed by atoms with Gasteiger partial charge >= 0.3 is 0 Å². The Labute approximate surface area is 110 Å². The molecule has 0 aromatic rings. The summed E-state index contributed by atoms with van der Waals surface area (Å²) in [5.74, 6) is 0.143. The third kappa shape index (κ3) is 7.27. The molecule has 0 aliphatic carbocycles. The molecule has 0 aliphatic heterocycles. The van der Waals surface area contributed by atoms with Gasteiger partial charge in [-0.1, -0.05) is 20.8 Å². The van der Waals surface area contributed by atoms with E-state index in [-0.39, 0.29) is 17.9 Å². The fourth-order valence-electron chi connectivity index (χ4n) is 1.83. The second kappa shape index (κ2) is 8.91. The van der Waals surface area contributed by atoms with Gasteiger partial charge in [0, 0.05) is 19.5 Å². The minimum atomic E-state index is -0.434. The van der Waals surface area contributed by atoms with Crippen LogP contribution in [-0.4, -0.2) is 37.5 Å². The first kappa shape index (κ1) is 16.9. The van der Waals surface area contributed by atoms with Crippen molar-refractivity contribution in [2.75, 3.05) is 13.6 Å². The van der Waals surface area contributed by atoms with Gasteiger partial charge in [-0.05, 0) is 25.8 Å². The molecule has 0 bridgehead atoms. The Bertz CT molecular complexity index is 267. The van der Waals surface area contributed by atoms with Crippen LogP contribution in [0, 0.1) is 5.92 Å². The van der Waals surface area contributed by atoms with E-state index in [2.05, 4.69) is 16.0 Å². The minimum Gasteiger partial charge on any atom is -0.357 e. The predicted molar refractivity (Wildman–Crippen MR) is 73.2 cm³/mol. The highest BCUT2D eigenvalue weighted by atomic mass is 16.2. The summed E-state index contributed by atoms with van der Waals surface area (Å²) in [7, 11) is 1.59. The third-order valence-electron chi connectivity index (χ3n) is 2.65. The molecular formula is C13H27N3O2. The number of hydrogen-bond donors (Lipinski definition) is 3. The topological polar surface area (TPSA) is 70.2 Å². The largest absolute Gasteiger partial charge is 0.357 e. The van der Waals surface area contributed by atoms with Crippen LogP contribution >= 0.6 is 0 Å². The first-order valence-electron chi connectivity index (χ1n) is 6.65. The number of carbonyl (C=O) groups is 2. The maximum atomic E-state index is 11.8. The van der Waals surface area contributed by atoms with Crippen molar-refractivity contribution in [3.63, 3.8) is 0 Å². The molecule has 0 rings (SSSR count). The molecule has 0 saturated carbocycles. The zero-order chi connectivity index (χ0) is 14.1. The number of likely N-dealkylation sites (N-methyl/N-ethyl adjacent to an activating group) is 1. The highest BCUT2D eigenvalue weighted by Gasteiger charge is 2.21. The molecule has 2 unspecified atom stereocenters. The van der Waals surface area contributed by atoms with Gasteiger partial charge in [0.1, 0.15) is 6.04 Å². The van der Waals surface area contributed by atoms with Gasteiger partial charge in [-0.15, -0.1) is 0 Å². The van der Waals surface area contributed by atoms with Crippen LogP contribution in [0.5, 0.6) is 0 Å². The van der Waals surface area contributed by atoms with Gasteiger partial charge in [-0.2, -0.15) is 0 Å². The van der Waals surface area contributed by atoms with Crippen LogP contribution < -0.4 is 16.0 Å². The lowest BCUT2D eigenvalue weighted by Crippen LogP contribution is -2.47. The van der Waals surface area contributed by atoms with Crippen LogP contribution in [0.1, 0.15) is 40.5 Å². The lowest BCUT2D eigenvalue weighted by molar-refractivity contribution is -0.129. The van der Waals surface area contributed by atoms with E-state index in [4.69, 9.17) is 0 Å². The maximum Gasteiger partial charge on any atom is 0.242 e. The van der Waals surface area contributed by atoms with Crippen molar-refractivity contribution >= 4 is 11.8 Å². The Balaban J connectivity index is 4.30. The zero-order valence-electron chi connectivity index (χ0n) is 12.2. The van der Waals surface area contributed by atoms with Crippen molar-refractivity contribution in [2.45, 2.75) is 52.6 Å². The van der Waals surface area contributed by atoms with Crippen LogP contribution in [0.15, 0.2) is 0 Å². The summed E-state index contributed by atoms with van der Waals surface area (Å²) in [4.78, 5) is 23.5. The summed E-state index contributed by atoms with van der Waals surface area (Å²) < 4.78 is 0. The highest BCUT2D eigenvalue weighted by Crippen LogP contribution is 2.05. The number of amides is 2. The summed E-state index contributed by atoms with van der Waals surface area (Å²) in [5.41, 5.74) is 0. The molecule has 0 aromatic carbocycles. The van der Waals surface area contributed by atoms with E-state index >= 15 is 0 Å². The fourth-order valence-corrected chi connectivity index (χ4v) is 1.83. The molecule has 106 valence electrons. The van der Waals surface area contributed by atoms with Crippen molar-refractivity contribution in [3.8, 4) is 0 Å². The van der Waals surface area contributed by atoms with Crippen LogP contribution in [-0.2, 0) is 9.59 Å². The zero-order valence-corrected chi connectivity index (χ0v) is 12.2. The summed E-state index contributed by atoms with van der Waals surface area (Å²) in [6, 6.07) is -0.310. The average Bonchev–Trinajstić information content (AvgIpc) is 2.26. The second-order valence-corrected chi connectivity index (χ2v) is 5.03. The van der Waals surface area contributed by atoms with Gasteiger partial charge in [0.2, 0.25) is 11.8 Å². The number of carbonyl (C=O) groups excluding carboxylic acids is 2. The molecule has 18 heavy (non-hydrogen) atoms. The van der Waals surface area contributed by atoms with E-state index in [0.717, 1.165) is 6.54 Å². The molecule has 2 amide bonds. The Kier molecular flexibility index (Phi) is 8.37. The van der Waals surface area contributed by atoms with Gasteiger partial charge in [-0.25, -0.2) is 0 Å². The number of rotatable bonds is 8. The van der Waals surface area contributed by atoms with Crippen molar-refractivity contribution in [3.05, 3.63) is 0 Å². The smallest absolute Gasteiger partial charge is 0.242 e. The maximum absolute atomic E-state index is 11.8. The Morgan fingerprint density at radius 3 is 2.22 bits per heavy atom. The predicted octanol–water partition coefficient (Wildman–Crippen LogP) is 0.651. The van der Waals surface area contributed by atoms with Gasteiger partial charge < -0.3 is 16.0 Å². The first-order chi connectivity index (χ1) is 8.40. The molecule has 5 nitrogen and oxygen atoms in total. The number of hydrogen-bond acceptors (Lipinski definition) is 3. The molecule has 0 spiro atoms. The molecule has 0 heterocycles. The van der Waals surface area contributed by atoms with Gasteiger partial charge in [0.05, 0.1) is 0 Å². The van der Waals surface area contributed by atoms with E-state index in [9.17, 15) is 9.59 Å². The lowest BCUT2D eigenvalue weighted by Gasteiger charge is -2.20. The third-order valence-corrected chi connectivity index (χ3v) is 2.65. The van der Waals surface area contributed by atoms with E-state index < -0.39 is 6.04 Å². The van der Waals surface area contributed by atoms with Crippen molar-refractivity contribution in [2.24, 2.45) is 5.92 Å². The SMILES string of the molecule is CCNC(C)CC(=O)NC(CC(C)C)C(=O)NC. The highest BCUT2D eigenvalue weighted by molar-refractivity contribution is 5.87. The van der Waals surface area contributed by atoms with E-state index in [0.29, 0.717) is 18.8 Å². The van der Waals surface area contributed by atoms with Crippen molar-refractivity contribution in [1.29, 1.82) is 0 Å². The standard InChI is InChI=1S/C13H27N3O2/c1-6-15-10(4)8-12(17)16-11(7-9(2)3)13(18)14-5/h9-11,15H,6-8H2,1-5H3,(H,14,18)(H,16,17). The van der Waals surface area contributed by atoms with E-state index in [1.165, 1.54) is 0 Å². The van der Waals surface area contributed by atoms with E-state index in [1.807, 2.05) is 27.7 Å². The second-order valence-electron chi connectivity index (χ2n) is 5.03. The molecule has 2 atom stereocenters. The Morgan fingerprint density at radius 1 is 1.17 bits per heavy atom. The Morgan fingerprint density at radius 2 is 1.78 bits per heavy atom. The minimum absolute atomic E-state index is 0.0855. The monoisotopic (exact) mass is 257 g/mol. The summed E-state index contributed by atoms with van der Waals surface area (Å²) >= 11 is 0. The van der Waals surface area contributed by atoms with E-state index in [1.54, 1.807) is 7.05 Å². The molecule has 5 heteroatoms. The van der Waals surface area contributed by atoms with Crippen molar-refractivity contribution < 1.29 is 9.59 Å². The molecule has 0 aliphatic rings. The Hall–Kier alpha value is -1.10. The lowest BCUT2D eigenvalue weighted by atomic mass is 10.0. The molecule has 0 aromatic heterocycles. The fraction of sp³-hybridized carbons (Fsp3) is 0.846. The molecule has 0 saturated heterocycles. The molecular weight excluding hydrogens is 230 g/mol. The van der Waals surface area contributed by atoms with Crippen LogP contribution in [0.3, 0.4) is 0 Å². The first-order valence-corrected chi connectivity index (χ1v) is 6.65. The molecule has 3 N–H and O–H groups in total. The van der Waals surface area contributed by atoms with Crippen LogP contribution in [0.25, 0.3) is 0 Å². The van der Waals surface area contributed by atoms with Gasteiger partial charge in [0.15, 0.2) is 0 Å². The summed E-state index contributed by atoms with van der Waals surface area (Å²) in [6.07, 6.45) is 1.04. The van der Waals surface area contributed by atoms with Crippen LogP contribution in [0.2, 0.25) is 0 Å². The number of nitrogens with one attached hydrogen (secondary N) is 3. The average molecular weight is 257 g/mol. The summed E-state index contributed by atoms with van der Waals surface area (Å²) in [5, 5.41) is 8.55. The quantitative estimate of drug-likeness (QED) is 0.598. The van der Waals surface area contributed by atoms with Gasteiger partial charge in [-0.3, -0.25) is 9.59 Å².